The first-order chi connectivity index (χ1) is 18.3. The fourth-order valence-corrected chi connectivity index (χ4v) is 5.78. The molecular weight excluding hydrogens is 516 g/mol. The van der Waals surface area contributed by atoms with Gasteiger partial charge in [-0.3, -0.25) is 4.79 Å². The Labute approximate surface area is 230 Å². The summed E-state index contributed by atoms with van der Waals surface area (Å²) in [6, 6.07) is 11.2. The number of amides is 1. The lowest BCUT2D eigenvalue weighted by Crippen LogP contribution is -2.41. The highest BCUT2D eigenvalue weighted by molar-refractivity contribution is 7.90. The van der Waals surface area contributed by atoms with Gasteiger partial charge in [-0.2, -0.15) is 8.42 Å². The van der Waals surface area contributed by atoms with E-state index in [2.05, 4.69) is 49.2 Å². The quantitative estimate of drug-likeness (QED) is 0.420. The van der Waals surface area contributed by atoms with E-state index >= 15 is 0 Å². The minimum atomic E-state index is -4.26. The van der Waals surface area contributed by atoms with Crippen LogP contribution in [0.15, 0.2) is 47.5 Å². The summed E-state index contributed by atoms with van der Waals surface area (Å²) in [5.41, 5.74) is 7.57. The van der Waals surface area contributed by atoms with Gasteiger partial charge in [0.2, 0.25) is 5.88 Å². The number of sulfonamides is 1. The Hall–Kier alpha value is -3.73. The average Bonchev–Trinajstić information content (AvgIpc) is 3.14. The van der Waals surface area contributed by atoms with Crippen molar-refractivity contribution < 1.29 is 17.9 Å². The van der Waals surface area contributed by atoms with E-state index in [1.807, 2.05) is 19.1 Å². The van der Waals surface area contributed by atoms with E-state index in [1.165, 1.54) is 18.2 Å². The van der Waals surface area contributed by atoms with Crippen LogP contribution >= 0.6 is 0 Å². The first-order valence-electron chi connectivity index (χ1n) is 13.0. The molecule has 4 rings (SSSR count). The van der Waals surface area contributed by atoms with Crippen molar-refractivity contribution in [1.29, 1.82) is 0 Å². The van der Waals surface area contributed by atoms with Gasteiger partial charge >= 0.3 is 0 Å². The molecule has 0 bridgehead atoms. The van der Waals surface area contributed by atoms with Crippen molar-refractivity contribution >= 4 is 27.6 Å². The molecule has 10 nitrogen and oxygen atoms in total. The monoisotopic (exact) mass is 552 g/mol. The summed E-state index contributed by atoms with van der Waals surface area (Å²) in [6.07, 6.45) is 0.890. The van der Waals surface area contributed by atoms with Gasteiger partial charge in [0, 0.05) is 18.2 Å². The zero-order valence-corrected chi connectivity index (χ0v) is 24.0. The molecule has 1 saturated heterocycles. The van der Waals surface area contributed by atoms with E-state index in [1.54, 1.807) is 12.1 Å². The lowest BCUT2D eigenvalue weighted by Gasteiger charge is -2.34. The van der Waals surface area contributed by atoms with E-state index in [0.717, 1.165) is 12.0 Å². The lowest BCUT2D eigenvalue weighted by atomic mass is 9.97. The Bertz CT molecular complexity index is 1490. The maximum atomic E-state index is 13.5. The van der Waals surface area contributed by atoms with Gasteiger partial charge < -0.3 is 15.4 Å². The number of nitrogen functional groups attached to an aromatic ring is 1. The predicted molar refractivity (Wildman–Crippen MR) is 151 cm³/mol. The zero-order valence-electron chi connectivity index (χ0n) is 23.2. The third-order valence-corrected chi connectivity index (χ3v) is 7.81. The van der Waals surface area contributed by atoms with Gasteiger partial charge in [0.1, 0.15) is 11.6 Å². The third kappa shape index (κ3) is 6.30. The van der Waals surface area contributed by atoms with Crippen molar-refractivity contribution in [1.82, 2.24) is 19.7 Å². The predicted octanol–water partition coefficient (Wildman–Crippen LogP) is 4.21. The highest BCUT2D eigenvalue weighted by atomic mass is 32.2. The largest absolute Gasteiger partial charge is 0.477 e. The summed E-state index contributed by atoms with van der Waals surface area (Å²) in [6.45, 7) is 13.6. The van der Waals surface area contributed by atoms with Gasteiger partial charge in [-0.15, -0.1) is 0 Å². The summed E-state index contributed by atoms with van der Waals surface area (Å²) in [5, 5.41) is -0.338. The second-order valence-corrected chi connectivity index (χ2v) is 12.8. The molecule has 39 heavy (non-hydrogen) atoms. The highest BCUT2D eigenvalue weighted by Gasteiger charge is 2.39. The number of hydrogen-bond acceptors (Lipinski definition) is 9. The van der Waals surface area contributed by atoms with Crippen molar-refractivity contribution in [3.8, 4) is 17.3 Å². The number of aromatic nitrogens is 3. The molecule has 1 unspecified atom stereocenters. The van der Waals surface area contributed by atoms with E-state index in [-0.39, 0.29) is 21.9 Å². The number of ether oxygens (including phenoxy) is 1. The molecule has 208 valence electrons. The van der Waals surface area contributed by atoms with E-state index in [0.29, 0.717) is 48.1 Å². The minimum Gasteiger partial charge on any atom is -0.477 e. The number of anilines is 2. The fraction of sp³-hybridized carbons (Fsp3) is 0.429. The van der Waals surface area contributed by atoms with Crippen LogP contribution in [0, 0.1) is 18.8 Å². The van der Waals surface area contributed by atoms with Crippen LogP contribution in [0.3, 0.4) is 0 Å². The molecule has 0 aliphatic carbocycles. The maximum Gasteiger partial charge on any atom is 0.281 e. The number of rotatable bonds is 8. The van der Waals surface area contributed by atoms with Crippen molar-refractivity contribution in [2.45, 2.75) is 58.5 Å². The zero-order chi connectivity index (χ0) is 28.5. The normalized spacial score (nSPS) is 16.9. The van der Waals surface area contributed by atoms with Crippen LogP contribution in [0.5, 0.6) is 5.88 Å². The highest BCUT2D eigenvalue weighted by Crippen LogP contribution is 2.38. The number of nitrogens with zero attached hydrogens (tertiary/aromatic N) is 4. The van der Waals surface area contributed by atoms with Gasteiger partial charge in [-0.05, 0) is 68.9 Å². The van der Waals surface area contributed by atoms with Gasteiger partial charge in [-0.25, -0.2) is 19.7 Å². The standard InChI is InChI=1S/C28H36N6O4S/c1-17(2)16-38-23-13-10-19(4)25(32-23)21-12-11-20(26(30-21)34-15-18(3)14-28(34,5)6)27(35)33-39(36,37)24-9-7-8-22(29)31-24/h7-13,17-18H,14-16H2,1-6H3,(H2,29,31)(H,33,35). The molecule has 1 amide bonds. The molecule has 1 atom stereocenters. The van der Waals surface area contributed by atoms with E-state index < -0.39 is 15.9 Å². The van der Waals surface area contributed by atoms with E-state index in [9.17, 15) is 13.2 Å². The molecule has 0 radical (unpaired) electrons. The number of carbonyl (C=O) groups is 1. The molecule has 1 aliphatic heterocycles. The number of hydrogen-bond donors (Lipinski definition) is 2. The van der Waals surface area contributed by atoms with Crippen molar-refractivity contribution in [2.24, 2.45) is 11.8 Å². The topological polar surface area (TPSA) is 140 Å². The first kappa shape index (κ1) is 28.3. The average molecular weight is 553 g/mol. The van der Waals surface area contributed by atoms with Crippen LogP contribution in [-0.4, -0.2) is 48.0 Å². The second kappa shape index (κ2) is 10.8. The first-order valence-corrected chi connectivity index (χ1v) is 14.4. The summed E-state index contributed by atoms with van der Waals surface area (Å²) in [4.78, 5) is 29.0. The van der Waals surface area contributed by atoms with Crippen LogP contribution < -0.4 is 20.1 Å². The van der Waals surface area contributed by atoms with Gasteiger partial charge in [0.05, 0.1) is 23.6 Å². The van der Waals surface area contributed by atoms with Crippen molar-refractivity contribution in [3.63, 3.8) is 0 Å². The van der Waals surface area contributed by atoms with Crippen LogP contribution in [0.2, 0.25) is 0 Å². The van der Waals surface area contributed by atoms with Crippen molar-refractivity contribution in [2.75, 3.05) is 23.8 Å². The Kier molecular flexibility index (Phi) is 7.83. The molecule has 1 aliphatic rings. The summed E-state index contributed by atoms with van der Waals surface area (Å²) >= 11 is 0. The lowest BCUT2D eigenvalue weighted by molar-refractivity contribution is 0.0981. The Morgan fingerprint density at radius 3 is 2.54 bits per heavy atom. The number of carbonyl (C=O) groups excluding carboxylic acids is 1. The Morgan fingerprint density at radius 2 is 1.90 bits per heavy atom. The molecule has 0 spiro atoms. The molecule has 11 heteroatoms. The second-order valence-electron chi connectivity index (χ2n) is 11.2. The Balaban J connectivity index is 1.77. The summed E-state index contributed by atoms with van der Waals surface area (Å²) < 4.78 is 33.9. The van der Waals surface area contributed by atoms with E-state index in [4.69, 9.17) is 20.4 Å². The molecule has 4 heterocycles. The minimum absolute atomic E-state index is 0.0345. The number of pyridine rings is 3. The third-order valence-electron chi connectivity index (χ3n) is 6.57. The van der Waals surface area contributed by atoms with Gasteiger partial charge in [0.15, 0.2) is 5.03 Å². The number of nitrogens with two attached hydrogens (primary N) is 1. The van der Waals surface area contributed by atoms with Gasteiger partial charge in [0.25, 0.3) is 15.9 Å². The van der Waals surface area contributed by atoms with Crippen molar-refractivity contribution in [3.05, 3.63) is 53.6 Å². The van der Waals surface area contributed by atoms with Crippen LogP contribution in [0.4, 0.5) is 11.6 Å². The summed E-state index contributed by atoms with van der Waals surface area (Å²) in [7, 11) is -4.26. The maximum absolute atomic E-state index is 13.5. The number of aryl methyl sites for hydroxylation is 1. The number of nitrogens with one attached hydrogen (secondary N) is 1. The SMILES string of the molecule is Cc1ccc(OCC(C)C)nc1-c1ccc(C(=O)NS(=O)(=O)c2cccc(N)n2)c(N2CC(C)CC2(C)C)n1. The molecule has 1 fully saturated rings. The summed E-state index contributed by atoms with van der Waals surface area (Å²) in [5.74, 6) is 0.816. The van der Waals surface area contributed by atoms with Crippen LogP contribution in [-0.2, 0) is 10.0 Å². The van der Waals surface area contributed by atoms with Gasteiger partial charge in [-0.1, -0.05) is 32.9 Å². The smallest absolute Gasteiger partial charge is 0.281 e. The van der Waals surface area contributed by atoms with Crippen LogP contribution in [0.1, 0.15) is 57.0 Å². The molecule has 3 N–H and O–H groups in total. The Morgan fingerprint density at radius 1 is 1.15 bits per heavy atom. The van der Waals surface area contributed by atoms with Crippen LogP contribution in [0.25, 0.3) is 11.4 Å². The molecular formula is C28H36N6O4S. The molecule has 0 aromatic carbocycles. The molecule has 3 aromatic rings. The molecule has 0 saturated carbocycles. The molecule has 3 aromatic heterocycles. The fourth-order valence-electron chi connectivity index (χ4n) is 4.84.